The second-order valence-electron chi connectivity index (χ2n) is 5.26. The minimum atomic E-state index is -0.914. The summed E-state index contributed by atoms with van der Waals surface area (Å²) in [6, 6.07) is 5.55. The molecule has 0 bridgehead atoms. The Morgan fingerprint density at radius 1 is 1.45 bits per heavy atom. The van der Waals surface area contributed by atoms with Crippen molar-refractivity contribution < 1.29 is 24.4 Å². The molecule has 8 nitrogen and oxygen atoms in total. The molecule has 1 heterocycles. The molecule has 2 atom stereocenters. The lowest BCUT2D eigenvalue weighted by Gasteiger charge is -2.16. The number of nitrogens with zero attached hydrogens (tertiary/aromatic N) is 2. The number of carbonyl (C=O) groups is 2. The van der Waals surface area contributed by atoms with Crippen LogP contribution < -0.4 is 4.74 Å². The quantitative estimate of drug-likeness (QED) is 0.645. The Morgan fingerprint density at radius 3 is 2.77 bits per heavy atom. The summed E-state index contributed by atoms with van der Waals surface area (Å²) < 4.78 is 5.26. The summed E-state index contributed by atoms with van der Waals surface area (Å²) in [7, 11) is 0. The zero-order valence-corrected chi connectivity index (χ0v) is 12.0. The number of likely N-dealkylation sites (tertiary alicyclic amines) is 1. The lowest BCUT2D eigenvalue weighted by atomic mass is 9.99. The van der Waals surface area contributed by atoms with E-state index in [2.05, 4.69) is 0 Å². The number of nitro groups is 1. The number of hydrogen-bond donors (Lipinski definition) is 1. The highest BCUT2D eigenvalue weighted by atomic mass is 16.6. The summed E-state index contributed by atoms with van der Waals surface area (Å²) in [6.07, 6.45) is 0. The second kappa shape index (κ2) is 6.42. The van der Waals surface area contributed by atoms with Crippen LogP contribution in [0.25, 0.3) is 0 Å². The maximum atomic E-state index is 12.0. The van der Waals surface area contributed by atoms with E-state index >= 15 is 0 Å². The Kier molecular flexibility index (Phi) is 4.59. The van der Waals surface area contributed by atoms with Crippen LogP contribution >= 0.6 is 0 Å². The van der Waals surface area contributed by atoms with E-state index in [1.165, 1.54) is 29.2 Å². The number of carbonyl (C=O) groups excluding carboxylic acids is 1. The molecule has 0 aliphatic carbocycles. The zero-order valence-electron chi connectivity index (χ0n) is 12.0. The lowest BCUT2D eigenvalue weighted by Crippen LogP contribution is -2.33. The van der Waals surface area contributed by atoms with Gasteiger partial charge in [0.05, 0.1) is 16.9 Å². The smallest absolute Gasteiger partial charge is 0.308 e. The van der Waals surface area contributed by atoms with Crippen molar-refractivity contribution in [2.45, 2.75) is 6.92 Å². The summed E-state index contributed by atoms with van der Waals surface area (Å²) in [4.78, 5) is 34.6. The molecule has 8 heteroatoms. The first-order valence-corrected chi connectivity index (χ1v) is 6.76. The summed E-state index contributed by atoms with van der Waals surface area (Å²) in [5.74, 6) is -1.70. The third-order valence-corrected chi connectivity index (χ3v) is 3.67. The number of aliphatic carboxylic acids is 1. The summed E-state index contributed by atoms with van der Waals surface area (Å²) in [5, 5.41) is 19.7. The van der Waals surface area contributed by atoms with E-state index in [4.69, 9.17) is 9.84 Å². The molecule has 1 aliphatic heterocycles. The average Bonchev–Trinajstić information content (AvgIpc) is 2.87. The van der Waals surface area contributed by atoms with E-state index in [-0.39, 0.29) is 36.4 Å². The number of amides is 1. The number of non-ortho nitro benzene ring substituents is 1. The molecule has 1 saturated heterocycles. The topological polar surface area (TPSA) is 110 Å². The molecule has 2 rings (SSSR count). The molecule has 1 amide bonds. The number of benzene rings is 1. The van der Waals surface area contributed by atoms with Crippen LogP contribution in [0.1, 0.15) is 6.92 Å². The first kappa shape index (κ1) is 15.7. The van der Waals surface area contributed by atoms with Gasteiger partial charge >= 0.3 is 5.97 Å². The van der Waals surface area contributed by atoms with Gasteiger partial charge in [-0.05, 0) is 12.0 Å². The molecule has 0 saturated carbocycles. The van der Waals surface area contributed by atoms with Crippen molar-refractivity contribution in [3.63, 3.8) is 0 Å². The molecule has 1 aromatic rings. The Bertz CT molecular complexity index is 603. The van der Waals surface area contributed by atoms with Gasteiger partial charge in [-0.1, -0.05) is 13.0 Å². The number of carboxylic acids is 1. The number of rotatable bonds is 5. The number of carboxylic acid groups (broad SMARTS) is 1. The van der Waals surface area contributed by atoms with Gasteiger partial charge in [-0.25, -0.2) is 0 Å². The van der Waals surface area contributed by atoms with Gasteiger partial charge in [0.2, 0.25) is 0 Å². The molecule has 118 valence electrons. The molecule has 22 heavy (non-hydrogen) atoms. The molecule has 0 unspecified atom stereocenters. The third-order valence-electron chi connectivity index (χ3n) is 3.67. The summed E-state index contributed by atoms with van der Waals surface area (Å²) >= 11 is 0. The molecule has 1 N–H and O–H groups in total. The third kappa shape index (κ3) is 3.51. The highest BCUT2D eigenvalue weighted by Gasteiger charge is 2.36. The van der Waals surface area contributed by atoms with Crippen LogP contribution in [0.4, 0.5) is 5.69 Å². The van der Waals surface area contributed by atoms with E-state index in [0.717, 1.165) is 0 Å². The van der Waals surface area contributed by atoms with Crippen LogP contribution in [-0.2, 0) is 9.59 Å². The van der Waals surface area contributed by atoms with Crippen molar-refractivity contribution in [2.24, 2.45) is 11.8 Å². The molecule has 0 aromatic heterocycles. The van der Waals surface area contributed by atoms with E-state index in [0.29, 0.717) is 6.54 Å². The van der Waals surface area contributed by atoms with Gasteiger partial charge in [-0.3, -0.25) is 19.7 Å². The van der Waals surface area contributed by atoms with E-state index in [9.17, 15) is 19.7 Å². The molecule has 1 fully saturated rings. The van der Waals surface area contributed by atoms with Crippen LogP contribution in [0.15, 0.2) is 24.3 Å². The molecule has 1 aliphatic rings. The Balaban J connectivity index is 1.92. The lowest BCUT2D eigenvalue weighted by molar-refractivity contribution is -0.384. The number of hydrogen-bond acceptors (Lipinski definition) is 5. The number of ether oxygens (including phenoxy) is 1. The van der Waals surface area contributed by atoms with Crippen molar-refractivity contribution in [2.75, 3.05) is 19.7 Å². The first-order valence-electron chi connectivity index (χ1n) is 6.76. The molecule has 1 aromatic carbocycles. The van der Waals surface area contributed by atoms with E-state index in [1.807, 2.05) is 0 Å². The minimum Gasteiger partial charge on any atom is -0.484 e. The average molecular weight is 308 g/mol. The van der Waals surface area contributed by atoms with Crippen molar-refractivity contribution >= 4 is 17.6 Å². The first-order chi connectivity index (χ1) is 10.4. The Hall–Kier alpha value is -2.64. The molecule has 0 spiro atoms. The fourth-order valence-electron chi connectivity index (χ4n) is 2.42. The van der Waals surface area contributed by atoms with Gasteiger partial charge in [0.25, 0.3) is 11.6 Å². The van der Waals surface area contributed by atoms with Crippen LogP contribution in [0.5, 0.6) is 5.75 Å². The Morgan fingerprint density at radius 2 is 2.18 bits per heavy atom. The van der Waals surface area contributed by atoms with E-state index < -0.39 is 16.8 Å². The zero-order chi connectivity index (χ0) is 16.3. The minimum absolute atomic E-state index is 0.112. The van der Waals surface area contributed by atoms with Gasteiger partial charge < -0.3 is 14.7 Å². The highest BCUT2D eigenvalue weighted by Crippen LogP contribution is 2.24. The molecular weight excluding hydrogens is 292 g/mol. The maximum absolute atomic E-state index is 12.0. The van der Waals surface area contributed by atoms with Crippen LogP contribution in [0, 0.1) is 22.0 Å². The Labute approximate surface area is 126 Å². The van der Waals surface area contributed by atoms with Crippen LogP contribution in [-0.4, -0.2) is 46.5 Å². The van der Waals surface area contributed by atoms with Crippen molar-refractivity contribution in [3.05, 3.63) is 34.4 Å². The van der Waals surface area contributed by atoms with Gasteiger partial charge in [-0.15, -0.1) is 0 Å². The van der Waals surface area contributed by atoms with Crippen molar-refractivity contribution in [1.29, 1.82) is 0 Å². The van der Waals surface area contributed by atoms with Gasteiger partial charge in [-0.2, -0.15) is 0 Å². The molecule has 0 radical (unpaired) electrons. The fraction of sp³-hybridized carbons (Fsp3) is 0.429. The summed E-state index contributed by atoms with van der Waals surface area (Å²) in [6.45, 7) is 2.04. The van der Waals surface area contributed by atoms with Crippen molar-refractivity contribution in [1.82, 2.24) is 4.90 Å². The van der Waals surface area contributed by atoms with Gasteiger partial charge in [0.15, 0.2) is 6.61 Å². The second-order valence-corrected chi connectivity index (χ2v) is 5.26. The van der Waals surface area contributed by atoms with Crippen LogP contribution in [0.3, 0.4) is 0 Å². The van der Waals surface area contributed by atoms with E-state index in [1.54, 1.807) is 6.92 Å². The van der Waals surface area contributed by atoms with Gasteiger partial charge in [0, 0.05) is 19.2 Å². The maximum Gasteiger partial charge on any atom is 0.308 e. The normalized spacial score (nSPS) is 20.7. The predicted octanol–water partition coefficient (Wildman–Crippen LogP) is 1.15. The number of nitro benzene ring substituents is 1. The SMILES string of the molecule is C[C@@H]1CN(C(=O)COc2cccc([N+](=O)[O-])c2)C[C@H]1C(=O)O. The van der Waals surface area contributed by atoms with Crippen molar-refractivity contribution in [3.8, 4) is 5.75 Å². The monoisotopic (exact) mass is 308 g/mol. The van der Waals surface area contributed by atoms with Crippen LogP contribution in [0.2, 0.25) is 0 Å². The predicted molar refractivity (Wildman–Crippen MR) is 75.5 cm³/mol. The fourth-order valence-corrected chi connectivity index (χ4v) is 2.42. The summed E-state index contributed by atoms with van der Waals surface area (Å²) in [5.41, 5.74) is -0.120. The standard InChI is InChI=1S/C14H16N2O6/c1-9-6-15(7-12(9)14(18)19)13(17)8-22-11-4-2-3-10(5-11)16(20)21/h2-5,9,12H,6-8H2,1H3,(H,18,19)/t9-,12-/m1/s1. The molecular formula is C14H16N2O6. The highest BCUT2D eigenvalue weighted by molar-refractivity contribution is 5.80. The largest absolute Gasteiger partial charge is 0.484 e. The van der Waals surface area contributed by atoms with Gasteiger partial charge in [0.1, 0.15) is 5.75 Å².